The number of fused-ring (bicyclic) bond motifs is 4. The number of nitrogens with zero attached hydrogens (tertiary/aromatic N) is 1. The average molecular weight is 443 g/mol. The van der Waals surface area contributed by atoms with Gasteiger partial charge in [-0.05, 0) is 37.1 Å². The van der Waals surface area contributed by atoms with Crippen molar-refractivity contribution in [1.82, 2.24) is 0 Å². The van der Waals surface area contributed by atoms with Crippen molar-refractivity contribution < 1.29 is 18.8 Å². The first-order chi connectivity index (χ1) is 16.2. The van der Waals surface area contributed by atoms with Crippen molar-refractivity contribution >= 4 is 21.8 Å². The molecule has 1 aliphatic rings. The molecule has 1 aromatic heterocycles. The molecule has 170 valence electrons. The number of aromatic nitrogens is 1. The summed E-state index contributed by atoms with van der Waals surface area (Å²) in [4.78, 5) is 0. The Bertz CT molecular complexity index is 1330. The van der Waals surface area contributed by atoms with Gasteiger partial charge in [0.2, 0.25) is 11.0 Å². The highest BCUT2D eigenvalue weighted by atomic mass is 16.5. The van der Waals surface area contributed by atoms with Crippen LogP contribution in [0, 0.1) is 5.92 Å². The van der Waals surface area contributed by atoms with Crippen LogP contribution < -0.4 is 18.8 Å². The second-order valence-corrected chi connectivity index (χ2v) is 8.84. The summed E-state index contributed by atoms with van der Waals surface area (Å²) in [5.41, 5.74) is 4.49. The van der Waals surface area contributed by atoms with Crippen LogP contribution in [0.15, 0.2) is 54.6 Å². The number of methoxy groups -OCH3 is 2. The van der Waals surface area contributed by atoms with Crippen LogP contribution >= 0.6 is 0 Å². The van der Waals surface area contributed by atoms with Gasteiger partial charge in [-0.1, -0.05) is 44.9 Å². The fourth-order valence-electron chi connectivity index (χ4n) is 5.25. The van der Waals surface area contributed by atoms with Crippen molar-refractivity contribution in [2.45, 2.75) is 46.1 Å². The zero-order valence-corrected chi connectivity index (χ0v) is 20.0. The van der Waals surface area contributed by atoms with E-state index in [1.807, 2.05) is 18.2 Å². The molecule has 3 aromatic carbocycles. The number of ether oxygens (including phenoxy) is 3. The van der Waals surface area contributed by atoms with Gasteiger partial charge in [-0.25, -0.2) is 0 Å². The summed E-state index contributed by atoms with van der Waals surface area (Å²) in [5.74, 6) is 3.99. The van der Waals surface area contributed by atoms with Crippen LogP contribution in [0.5, 0.6) is 23.0 Å². The molecule has 2 heterocycles. The molecule has 0 N–H and O–H groups in total. The third kappa shape index (κ3) is 3.49. The van der Waals surface area contributed by atoms with Gasteiger partial charge in [0.1, 0.15) is 23.0 Å². The Morgan fingerprint density at radius 1 is 0.788 bits per heavy atom. The number of pyridine rings is 1. The summed E-state index contributed by atoms with van der Waals surface area (Å²) in [6.07, 6.45) is 4.88. The van der Waals surface area contributed by atoms with E-state index in [0.29, 0.717) is 5.92 Å². The first-order valence-electron chi connectivity index (χ1n) is 12.0. The number of unbranched alkanes of at least 4 members (excludes halogenated alkanes) is 1. The fraction of sp³-hybridized carbons (Fsp3) is 0.345. The maximum absolute atomic E-state index is 6.43. The van der Waals surface area contributed by atoms with Crippen LogP contribution in [0.3, 0.4) is 0 Å². The molecule has 1 aliphatic heterocycles. The van der Waals surface area contributed by atoms with E-state index in [0.717, 1.165) is 57.9 Å². The average Bonchev–Trinajstić information content (AvgIpc) is 2.86. The predicted molar refractivity (Wildman–Crippen MR) is 134 cm³/mol. The molecule has 0 saturated carbocycles. The van der Waals surface area contributed by atoms with Crippen LogP contribution in [0.25, 0.3) is 32.9 Å². The molecule has 5 rings (SSSR count). The molecule has 0 fully saturated rings. The van der Waals surface area contributed by atoms with Gasteiger partial charge in [-0.2, -0.15) is 4.57 Å². The molecule has 0 saturated heterocycles. The Kier molecular flexibility index (Phi) is 5.84. The topological polar surface area (TPSA) is 31.6 Å². The zero-order valence-electron chi connectivity index (χ0n) is 20.0. The third-order valence-electron chi connectivity index (χ3n) is 6.97. The third-order valence-corrected chi connectivity index (χ3v) is 6.97. The quantitative estimate of drug-likeness (QED) is 0.187. The Morgan fingerprint density at radius 2 is 1.45 bits per heavy atom. The van der Waals surface area contributed by atoms with E-state index in [4.69, 9.17) is 14.2 Å². The molecule has 4 aromatic rings. The maximum Gasteiger partial charge on any atom is 0.217 e. The summed E-state index contributed by atoms with van der Waals surface area (Å²) in [6.45, 7) is 5.54. The first kappa shape index (κ1) is 21.6. The molecule has 0 bridgehead atoms. The van der Waals surface area contributed by atoms with E-state index >= 15 is 0 Å². The van der Waals surface area contributed by atoms with Gasteiger partial charge in [0.15, 0.2) is 6.54 Å². The molecule has 1 atom stereocenters. The van der Waals surface area contributed by atoms with Crippen molar-refractivity contribution in [2.24, 2.45) is 5.92 Å². The standard InChI is InChI=1S/C29H32NO3/c1-5-7-11-19(6-2)18-30-20-12-8-14-22(31-3)26(20)29-27-21(30)13-9-16-24(27)33-25-17-10-15-23(32-4)28(25)29/h8-10,12-17,19H,5-7,11,18H2,1-4H3/q+1/t19-/m0/s1. The molecular weight excluding hydrogens is 410 g/mol. The first-order valence-corrected chi connectivity index (χ1v) is 12.0. The van der Waals surface area contributed by atoms with Crippen LogP contribution in [-0.2, 0) is 6.54 Å². The molecule has 0 aliphatic carbocycles. The van der Waals surface area contributed by atoms with E-state index in [-0.39, 0.29) is 0 Å². The maximum atomic E-state index is 6.43. The van der Waals surface area contributed by atoms with E-state index in [1.54, 1.807) is 14.2 Å². The monoisotopic (exact) mass is 442 g/mol. The highest BCUT2D eigenvalue weighted by molar-refractivity contribution is 6.15. The van der Waals surface area contributed by atoms with E-state index < -0.39 is 0 Å². The second-order valence-electron chi connectivity index (χ2n) is 8.84. The van der Waals surface area contributed by atoms with Crippen LogP contribution in [0.1, 0.15) is 39.5 Å². The van der Waals surface area contributed by atoms with E-state index in [2.05, 4.69) is 54.8 Å². The number of hydrogen-bond donors (Lipinski definition) is 0. The summed E-state index contributed by atoms with van der Waals surface area (Å²) in [6, 6.07) is 18.7. The molecule has 0 spiro atoms. The van der Waals surface area contributed by atoms with Crippen LogP contribution in [0.2, 0.25) is 0 Å². The van der Waals surface area contributed by atoms with Gasteiger partial charge >= 0.3 is 0 Å². The Labute approximate surface area is 195 Å². The van der Waals surface area contributed by atoms with Crippen LogP contribution in [0.4, 0.5) is 0 Å². The highest BCUT2D eigenvalue weighted by Crippen LogP contribution is 2.53. The lowest BCUT2D eigenvalue weighted by atomic mass is 9.91. The number of benzene rings is 3. The fourth-order valence-corrected chi connectivity index (χ4v) is 5.25. The van der Waals surface area contributed by atoms with Gasteiger partial charge in [0.25, 0.3) is 0 Å². The van der Waals surface area contributed by atoms with Gasteiger partial charge in [0.05, 0.1) is 30.6 Å². The lowest BCUT2D eigenvalue weighted by Crippen LogP contribution is -2.39. The summed E-state index contributed by atoms with van der Waals surface area (Å²) < 4.78 is 20.6. The highest BCUT2D eigenvalue weighted by Gasteiger charge is 2.33. The molecule has 0 radical (unpaired) electrons. The van der Waals surface area contributed by atoms with Gasteiger partial charge in [0, 0.05) is 23.6 Å². The summed E-state index contributed by atoms with van der Waals surface area (Å²) >= 11 is 0. The lowest BCUT2D eigenvalue weighted by molar-refractivity contribution is -0.652. The Hall–Kier alpha value is -3.27. The Balaban J connectivity index is 1.90. The van der Waals surface area contributed by atoms with E-state index in [1.165, 1.54) is 30.3 Å². The zero-order chi connectivity index (χ0) is 22.9. The molecule has 33 heavy (non-hydrogen) atoms. The van der Waals surface area contributed by atoms with Gasteiger partial charge in [-0.3, -0.25) is 0 Å². The number of hydrogen-bond acceptors (Lipinski definition) is 3. The van der Waals surface area contributed by atoms with Crippen molar-refractivity contribution in [3.05, 3.63) is 54.6 Å². The van der Waals surface area contributed by atoms with Crippen molar-refractivity contribution in [1.29, 1.82) is 0 Å². The van der Waals surface area contributed by atoms with Crippen molar-refractivity contribution in [3.8, 4) is 34.1 Å². The minimum absolute atomic E-state index is 0.618. The second kappa shape index (κ2) is 8.93. The summed E-state index contributed by atoms with van der Waals surface area (Å²) in [7, 11) is 3.47. The molecular formula is C29H32NO3+. The van der Waals surface area contributed by atoms with Gasteiger partial charge in [-0.15, -0.1) is 0 Å². The van der Waals surface area contributed by atoms with Gasteiger partial charge < -0.3 is 14.2 Å². The molecule has 4 heteroatoms. The lowest BCUT2D eigenvalue weighted by Gasteiger charge is -2.24. The SMILES string of the molecule is CCCC[C@H](CC)C[n+]1c2cccc(OC)c2c2c3c(cccc31)Oc1cccc(OC)c1-2. The van der Waals surface area contributed by atoms with Crippen LogP contribution in [-0.4, -0.2) is 14.2 Å². The summed E-state index contributed by atoms with van der Waals surface area (Å²) in [5, 5.41) is 2.23. The molecule has 0 unspecified atom stereocenters. The van der Waals surface area contributed by atoms with Crippen molar-refractivity contribution in [2.75, 3.05) is 14.2 Å². The largest absolute Gasteiger partial charge is 0.496 e. The van der Waals surface area contributed by atoms with Crippen molar-refractivity contribution in [3.63, 3.8) is 0 Å². The minimum atomic E-state index is 0.618. The normalized spacial score (nSPS) is 13.0. The Morgan fingerprint density at radius 3 is 2.18 bits per heavy atom. The predicted octanol–water partition coefficient (Wildman–Crippen LogP) is 7.29. The van der Waals surface area contributed by atoms with E-state index in [9.17, 15) is 0 Å². The minimum Gasteiger partial charge on any atom is -0.496 e. The molecule has 4 nitrogen and oxygen atoms in total. The smallest absolute Gasteiger partial charge is 0.217 e. The molecule has 0 amide bonds. The number of rotatable bonds is 8.